The summed E-state index contributed by atoms with van der Waals surface area (Å²) in [5.74, 6) is -0.300. The average Bonchev–Trinajstić information content (AvgIpc) is 3.49. The second-order valence-electron chi connectivity index (χ2n) is 7.77. The van der Waals surface area contributed by atoms with E-state index in [1.54, 1.807) is 30.5 Å². The minimum atomic E-state index is -0.300. The summed E-state index contributed by atoms with van der Waals surface area (Å²) in [5, 5.41) is 12.7. The molecule has 8 nitrogen and oxygen atoms in total. The van der Waals surface area contributed by atoms with Gasteiger partial charge in [-0.1, -0.05) is 48.0 Å². The molecule has 3 heterocycles. The molecule has 5 aromatic rings. The Morgan fingerprint density at radius 3 is 2.61 bits per heavy atom. The van der Waals surface area contributed by atoms with Gasteiger partial charge in [0.05, 0.1) is 33.6 Å². The van der Waals surface area contributed by atoms with Gasteiger partial charge in [0.25, 0.3) is 5.91 Å². The van der Waals surface area contributed by atoms with Crippen LogP contribution in [0.25, 0.3) is 28.0 Å². The molecular formula is C24H20ClN7O. The fourth-order valence-corrected chi connectivity index (χ4v) is 3.96. The monoisotopic (exact) mass is 457 g/mol. The smallest absolute Gasteiger partial charge is 0.256 e. The summed E-state index contributed by atoms with van der Waals surface area (Å²) in [6, 6.07) is 16.9. The van der Waals surface area contributed by atoms with E-state index in [4.69, 9.17) is 16.6 Å². The third kappa shape index (κ3) is 3.85. The Morgan fingerprint density at radius 1 is 1.06 bits per heavy atom. The van der Waals surface area contributed by atoms with Crippen molar-refractivity contribution in [1.82, 2.24) is 29.5 Å². The number of benzene rings is 2. The Balaban J connectivity index is 1.63. The van der Waals surface area contributed by atoms with Crippen molar-refractivity contribution < 1.29 is 4.79 Å². The summed E-state index contributed by atoms with van der Waals surface area (Å²) in [4.78, 5) is 22.4. The minimum Gasteiger partial charge on any atom is -0.320 e. The lowest BCUT2D eigenvalue weighted by Crippen LogP contribution is -2.15. The van der Waals surface area contributed by atoms with E-state index in [-0.39, 0.29) is 11.9 Å². The third-order valence-electron chi connectivity index (χ3n) is 5.25. The van der Waals surface area contributed by atoms with Crippen molar-refractivity contribution in [2.75, 3.05) is 5.32 Å². The van der Waals surface area contributed by atoms with Crippen molar-refractivity contribution in [3.63, 3.8) is 0 Å². The van der Waals surface area contributed by atoms with E-state index in [1.807, 2.05) is 48.9 Å². The first-order chi connectivity index (χ1) is 16.0. The predicted octanol–water partition coefficient (Wildman–Crippen LogP) is 5.17. The lowest BCUT2D eigenvalue weighted by atomic mass is 10.1. The maximum Gasteiger partial charge on any atom is 0.256 e. The Kier molecular flexibility index (Phi) is 5.35. The van der Waals surface area contributed by atoms with Crippen molar-refractivity contribution in [3.8, 4) is 16.9 Å². The van der Waals surface area contributed by atoms with E-state index < -0.39 is 0 Å². The molecule has 5 rings (SSSR count). The van der Waals surface area contributed by atoms with Gasteiger partial charge in [-0.3, -0.25) is 4.79 Å². The fourth-order valence-electron chi connectivity index (χ4n) is 3.70. The van der Waals surface area contributed by atoms with Crippen LogP contribution in [0, 0.1) is 0 Å². The summed E-state index contributed by atoms with van der Waals surface area (Å²) in [6.07, 6.45) is 4.62. The number of rotatable bonds is 5. The Hall–Kier alpha value is -4.04. The molecule has 0 radical (unpaired) electrons. The fraction of sp³-hybridized carbons (Fsp3) is 0.125. The zero-order valence-electron chi connectivity index (χ0n) is 18.0. The predicted molar refractivity (Wildman–Crippen MR) is 128 cm³/mol. The van der Waals surface area contributed by atoms with Crippen LogP contribution in [0.2, 0.25) is 5.02 Å². The second-order valence-corrected chi connectivity index (χ2v) is 8.18. The van der Waals surface area contributed by atoms with Gasteiger partial charge in [-0.2, -0.15) is 10.2 Å². The molecule has 33 heavy (non-hydrogen) atoms. The van der Waals surface area contributed by atoms with Gasteiger partial charge in [0, 0.05) is 11.6 Å². The van der Waals surface area contributed by atoms with E-state index in [0.717, 1.165) is 5.56 Å². The molecule has 0 bridgehead atoms. The molecule has 0 fully saturated rings. The van der Waals surface area contributed by atoms with Crippen LogP contribution in [0.3, 0.4) is 0 Å². The van der Waals surface area contributed by atoms with Gasteiger partial charge >= 0.3 is 0 Å². The number of anilines is 1. The number of carbonyl (C=O) groups excluding carboxylic acids is 1. The second kappa shape index (κ2) is 8.48. The van der Waals surface area contributed by atoms with Crippen LogP contribution in [0.1, 0.15) is 30.2 Å². The minimum absolute atomic E-state index is 0.0868. The van der Waals surface area contributed by atoms with E-state index >= 15 is 0 Å². The molecule has 0 aliphatic rings. The standard InChI is InChI=1S/C24H20ClN7O/c1-15(2)32-23-18(12-27-32)17(11-21(29-23)16-7-4-3-5-8-16)24(33)30-20-10-6-9-19(25)22(20)31-14-26-13-28-31/h3-15H,1-2H3,(H,30,33). The summed E-state index contributed by atoms with van der Waals surface area (Å²) < 4.78 is 3.34. The Morgan fingerprint density at radius 2 is 1.88 bits per heavy atom. The van der Waals surface area contributed by atoms with Gasteiger partial charge in [-0.15, -0.1) is 0 Å². The molecular weight excluding hydrogens is 438 g/mol. The van der Waals surface area contributed by atoms with Gasteiger partial charge < -0.3 is 5.32 Å². The van der Waals surface area contributed by atoms with Crippen LogP contribution in [-0.2, 0) is 0 Å². The normalized spacial score (nSPS) is 11.3. The van der Waals surface area contributed by atoms with Crippen LogP contribution in [0.5, 0.6) is 0 Å². The number of carbonyl (C=O) groups is 1. The molecule has 3 aromatic heterocycles. The zero-order chi connectivity index (χ0) is 22.9. The van der Waals surface area contributed by atoms with E-state index in [0.29, 0.717) is 38.7 Å². The van der Waals surface area contributed by atoms with E-state index in [1.165, 1.54) is 17.3 Å². The molecule has 0 saturated carbocycles. The average molecular weight is 458 g/mol. The number of hydrogen-bond donors (Lipinski definition) is 1. The highest BCUT2D eigenvalue weighted by molar-refractivity contribution is 6.33. The molecule has 2 aromatic carbocycles. The summed E-state index contributed by atoms with van der Waals surface area (Å²) in [5.41, 5.74) is 3.78. The SMILES string of the molecule is CC(C)n1ncc2c(C(=O)Nc3cccc(Cl)c3-n3cncn3)cc(-c3ccccc3)nc21. The largest absolute Gasteiger partial charge is 0.320 e. The van der Waals surface area contributed by atoms with Gasteiger partial charge in [0.1, 0.15) is 18.3 Å². The lowest BCUT2D eigenvalue weighted by molar-refractivity contribution is 0.102. The topological polar surface area (TPSA) is 90.5 Å². The highest BCUT2D eigenvalue weighted by atomic mass is 35.5. The van der Waals surface area contributed by atoms with Gasteiger partial charge in [-0.25, -0.2) is 19.3 Å². The van der Waals surface area contributed by atoms with Crippen molar-refractivity contribution in [1.29, 1.82) is 0 Å². The molecule has 0 atom stereocenters. The zero-order valence-corrected chi connectivity index (χ0v) is 18.7. The van der Waals surface area contributed by atoms with Crippen LogP contribution >= 0.6 is 11.6 Å². The van der Waals surface area contributed by atoms with Crippen molar-refractivity contribution in [2.24, 2.45) is 0 Å². The van der Waals surface area contributed by atoms with Crippen LogP contribution in [-0.4, -0.2) is 35.4 Å². The van der Waals surface area contributed by atoms with Crippen molar-refractivity contribution >= 4 is 34.2 Å². The molecule has 0 aliphatic carbocycles. The number of halogens is 1. The summed E-state index contributed by atoms with van der Waals surface area (Å²) in [6.45, 7) is 4.05. The Labute approximate surface area is 194 Å². The number of nitrogens with zero attached hydrogens (tertiary/aromatic N) is 6. The van der Waals surface area contributed by atoms with E-state index in [2.05, 4.69) is 20.5 Å². The number of pyridine rings is 1. The molecule has 0 saturated heterocycles. The number of amides is 1. The molecule has 0 unspecified atom stereocenters. The van der Waals surface area contributed by atoms with Crippen LogP contribution in [0.15, 0.2) is 73.4 Å². The number of hydrogen-bond acceptors (Lipinski definition) is 5. The number of fused-ring (bicyclic) bond motifs is 1. The number of para-hydroxylation sites is 1. The van der Waals surface area contributed by atoms with Gasteiger partial charge in [-0.05, 0) is 32.0 Å². The van der Waals surface area contributed by atoms with Crippen LogP contribution < -0.4 is 5.32 Å². The van der Waals surface area contributed by atoms with E-state index in [9.17, 15) is 4.79 Å². The highest BCUT2D eigenvalue weighted by Crippen LogP contribution is 2.30. The van der Waals surface area contributed by atoms with Gasteiger partial charge in [0.2, 0.25) is 0 Å². The molecule has 1 amide bonds. The van der Waals surface area contributed by atoms with Gasteiger partial charge in [0.15, 0.2) is 5.65 Å². The summed E-state index contributed by atoms with van der Waals surface area (Å²) >= 11 is 6.43. The maximum absolute atomic E-state index is 13.6. The highest BCUT2D eigenvalue weighted by Gasteiger charge is 2.20. The molecule has 164 valence electrons. The first-order valence-corrected chi connectivity index (χ1v) is 10.8. The third-order valence-corrected chi connectivity index (χ3v) is 5.56. The first kappa shape index (κ1) is 20.8. The first-order valence-electron chi connectivity index (χ1n) is 10.4. The Bertz CT molecular complexity index is 1440. The van der Waals surface area contributed by atoms with Crippen molar-refractivity contribution in [3.05, 3.63) is 84.0 Å². The summed E-state index contributed by atoms with van der Waals surface area (Å²) in [7, 11) is 0. The lowest BCUT2D eigenvalue weighted by Gasteiger charge is -2.14. The quantitative estimate of drug-likeness (QED) is 0.393. The molecule has 9 heteroatoms. The molecule has 0 aliphatic heterocycles. The molecule has 1 N–H and O–H groups in total. The number of nitrogens with one attached hydrogen (secondary N) is 1. The maximum atomic E-state index is 13.6. The van der Waals surface area contributed by atoms with Crippen LogP contribution in [0.4, 0.5) is 5.69 Å². The number of aromatic nitrogens is 6. The van der Waals surface area contributed by atoms with Crippen molar-refractivity contribution in [2.45, 2.75) is 19.9 Å². The molecule has 0 spiro atoms.